The van der Waals surface area contributed by atoms with Crippen molar-refractivity contribution in [3.63, 3.8) is 0 Å². The molecule has 6 nitrogen and oxygen atoms in total. The van der Waals surface area contributed by atoms with Gasteiger partial charge in [0, 0.05) is 11.5 Å². The number of nitrogens with zero attached hydrogens (tertiary/aromatic N) is 1. The van der Waals surface area contributed by atoms with Crippen molar-refractivity contribution in [2.75, 3.05) is 12.4 Å². The highest BCUT2D eigenvalue weighted by molar-refractivity contribution is 5.96. The summed E-state index contributed by atoms with van der Waals surface area (Å²) < 4.78 is 5.06. The highest BCUT2D eigenvalue weighted by Gasteiger charge is 2.26. The maximum Gasteiger partial charge on any atom is 0.273 e. The molecule has 0 aliphatic carbocycles. The fraction of sp³-hybridized carbons (Fsp3) is 0.462. The summed E-state index contributed by atoms with van der Waals surface area (Å²) in [4.78, 5) is 22.2. The lowest BCUT2D eigenvalue weighted by Crippen LogP contribution is -2.30. The van der Waals surface area contributed by atoms with Crippen molar-refractivity contribution in [2.24, 2.45) is 5.41 Å². The molecular formula is C13H18N2O4. The van der Waals surface area contributed by atoms with E-state index in [4.69, 9.17) is 4.74 Å². The second kappa shape index (κ2) is 5.69. The molecular weight excluding hydrogens is 248 g/mol. The number of non-ortho nitro benzene ring substituents is 1. The molecule has 0 spiro atoms. The van der Waals surface area contributed by atoms with Crippen LogP contribution in [0.15, 0.2) is 18.2 Å². The van der Waals surface area contributed by atoms with Crippen LogP contribution in [0.5, 0.6) is 5.75 Å². The smallest absolute Gasteiger partial charge is 0.273 e. The summed E-state index contributed by atoms with van der Waals surface area (Å²) in [5.74, 6) is 0.122. The largest absolute Gasteiger partial charge is 0.494 e. The van der Waals surface area contributed by atoms with E-state index in [1.165, 1.54) is 25.3 Å². The van der Waals surface area contributed by atoms with Gasteiger partial charge >= 0.3 is 0 Å². The van der Waals surface area contributed by atoms with E-state index in [1.54, 1.807) is 0 Å². The Morgan fingerprint density at radius 2 is 2.11 bits per heavy atom. The molecule has 0 atom stereocenters. The van der Waals surface area contributed by atoms with Crippen molar-refractivity contribution in [3.05, 3.63) is 28.3 Å². The van der Waals surface area contributed by atoms with Crippen LogP contribution < -0.4 is 10.1 Å². The number of hydrogen-bond acceptors (Lipinski definition) is 4. The van der Waals surface area contributed by atoms with Gasteiger partial charge in [-0.2, -0.15) is 0 Å². The van der Waals surface area contributed by atoms with Gasteiger partial charge in [0.2, 0.25) is 5.91 Å². The summed E-state index contributed by atoms with van der Waals surface area (Å²) in [6.07, 6.45) is 0.689. The van der Waals surface area contributed by atoms with Gasteiger partial charge in [-0.3, -0.25) is 14.9 Å². The quantitative estimate of drug-likeness (QED) is 0.656. The molecule has 0 bridgehead atoms. The van der Waals surface area contributed by atoms with Gasteiger partial charge in [0.05, 0.1) is 23.8 Å². The van der Waals surface area contributed by atoms with Gasteiger partial charge in [0.25, 0.3) is 5.69 Å². The van der Waals surface area contributed by atoms with Gasteiger partial charge in [-0.15, -0.1) is 0 Å². The Bertz CT molecular complexity index is 497. The van der Waals surface area contributed by atoms with Crippen LogP contribution in [0.2, 0.25) is 0 Å². The maximum atomic E-state index is 12.1. The number of carbonyl (C=O) groups is 1. The zero-order valence-electron chi connectivity index (χ0n) is 11.5. The van der Waals surface area contributed by atoms with E-state index in [1.807, 2.05) is 20.8 Å². The monoisotopic (exact) mass is 266 g/mol. The predicted molar refractivity (Wildman–Crippen MR) is 72.4 cm³/mol. The summed E-state index contributed by atoms with van der Waals surface area (Å²) in [5, 5.41) is 13.4. The van der Waals surface area contributed by atoms with Gasteiger partial charge < -0.3 is 10.1 Å². The Hall–Kier alpha value is -2.11. The van der Waals surface area contributed by atoms with Crippen molar-refractivity contribution >= 4 is 17.3 Å². The minimum Gasteiger partial charge on any atom is -0.494 e. The van der Waals surface area contributed by atoms with Crippen LogP contribution in [-0.2, 0) is 4.79 Å². The fourth-order valence-corrected chi connectivity index (χ4v) is 1.35. The number of nitrogens with one attached hydrogen (secondary N) is 1. The number of anilines is 1. The lowest BCUT2D eigenvalue weighted by Gasteiger charge is -2.22. The van der Waals surface area contributed by atoms with E-state index in [0.29, 0.717) is 12.1 Å². The van der Waals surface area contributed by atoms with E-state index in [-0.39, 0.29) is 17.3 Å². The molecule has 0 heterocycles. The number of benzene rings is 1. The highest BCUT2D eigenvalue weighted by Crippen LogP contribution is 2.31. The normalized spacial score (nSPS) is 10.9. The average molecular weight is 266 g/mol. The van der Waals surface area contributed by atoms with Crippen molar-refractivity contribution in [3.8, 4) is 5.75 Å². The third-order valence-corrected chi connectivity index (χ3v) is 3.14. The van der Waals surface area contributed by atoms with E-state index in [9.17, 15) is 14.9 Å². The zero-order chi connectivity index (χ0) is 14.6. The van der Waals surface area contributed by atoms with E-state index < -0.39 is 10.3 Å². The summed E-state index contributed by atoms with van der Waals surface area (Å²) in [6, 6.07) is 4.09. The molecule has 1 amide bonds. The lowest BCUT2D eigenvalue weighted by atomic mass is 9.89. The first-order valence-electron chi connectivity index (χ1n) is 5.95. The Morgan fingerprint density at radius 1 is 1.47 bits per heavy atom. The number of methoxy groups -OCH3 is 1. The molecule has 0 saturated carbocycles. The van der Waals surface area contributed by atoms with E-state index >= 15 is 0 Å². The van der Waals surface area contributed by atoms with Crippen LogP contribution in [0.25, 0.3) is 0 Å². The zero-order valence-corrected chi connectivity index (χ0v) is 11.5. The molecule has 0 fully saturated rings. The summed E-state index contributed by atoms with van der Waals surface area (Å²) >= 11 is 0. The Morgan fingerprint density at radius 3 is 2.58 bits per heavy atom. The number of nitro groups is 1. The molecule has 1 aromatic carbocycles. The van der Waals surface area contributed by atoms with Gasteiger partial charge in [-0.1, -0.05) is 20.8 Å². The second-order valence-corrected chi connectivity index (χ2v) is 4.83. The summed E-state index contributed by atoms with van der Waals surface area (Å²) in [5.41, 5.74) is -0.156. The molecule has 1 aromatic rings. The number of ether oxygens (including phenoxy) is 1. The van der Waals surface area contributed by atoms with E-state index in [2.05, 4.69) is 5.32 Å². The van der Waals surface area contributed by atoms with Gasteiger partial charge in [-0.25, -0.2) is 0 Å². The summed E-state index contributed by atoms with van der Waals surface area (Å²) in [7, 11) is 1.40. The Labute approximate surface area is 111 Å². The fourth-order valence-electron chi connectivity index (χ4n) is 1.35. The topological polar surface area (TPSA) is 81.5 Å². The molecule has 6 heteroatoms. The molecule has 0 radical (unpaired) electrons. The molecule has 19 heavy (non-hydrogen) atoms. The number of hydrogen-bond donors (Lipinski definition) is 1. The van der Waals surface area contributed by atoms with Crippen LogP contribution >= 0.6 is 0 Å². The Kier molecular flexibility index (Phi) is 4.47. The number of nitro benzene ring substituents is 1. The molecule has 0 unspecified atom stereocenters. The molecule has 0 aliphatic heterocycles. The van der Waals surface area contributed by atoms with Crippen molar-refractivity contribution < 1.29 is 14.5 Å². The van der Waals surface area contributed by atoms with Crippen molar-refractivity contribution in [1.82, 2.24) is 0 Å². The summed E-state index contributed by atoms with van der Waals surface area (Å²) in [6.45, 7) is 5.59. The molecule has 1 N–H and O–H groups in total. The minimum atomic E-state index is -0.510. The van der Waals surface area contributed by atoms with E-state index in [0.717, 1.165) is 0 Å². The van der Waals surface area contributed by atoms with Gasteiger partial charge in [0.15, 0.2) is 0 Å². The minimum absolute atomic E-state index is 0.0791. The number of amides is 1. The molecule has 1 rings (SSSR count). The molecule has 104 valence electrons. The molecule has 0 aromatic heterocycles. The lowest BCUT2D eigenvalue weighted by molar-refractivity contribution is -0.384. The van der Waals surface area contributed by atoms with Gasteiger partial charge in [0.1, 0.15) is 5.75 Å². The van der Waals surface area contributed by atoms with Crippen molar-refractivity contribution in [2.45, 2.75) is 27.2 Å². The third-order valence-electron chi connectivity index (χ3n) is 3.14. The molecule has 0 aliphatic rings. The van der Waals surface area contributed by atoms with Crippen molar-refractivity contribution in [1.29, 1.82) is 0 Å². The third kappa shape index (κ3) is 3.43. The van der Waals surface area contributed by atoms with Crippen LogP contribution in [0.1, 0.15) is 27.2 Å². The van der Waals surface area contributed by atoms with Crippen LogP contribution in [0.4, 0.5) is 11.4 Å². The Balaban J connectivity index is 3.02. The SMILES string of the molecule is CCC(C)(C)C(=O)Nc1ccc([N+](=O)[O-])cc1OC. The number of rotatable bonds is 5. The van der Waals surface area contributed by atoms with Crippen LogP contribution in [-0.4, -0.2) is 17.9 Å². The second-order valence-electron chi connectivity index (χ2n) is 4.83. The first kappa shape index (κ1) is 14.9. The molecule has 0 saturated heterocycles. The first-order chi connectivity index (χ1) is 8.81. The average Bonchev–Trinajstić information content (AvgIpc) is 2.38. The predicted octanol–water partition coefficient (Wildman–Crippen LogP) is 2.98. The maximum absolute atomic E-state index is 12.1. The van der Waals surface area contributed by atoms with Crippen LogP contribution in [0, 0.1) is 15.5 Å². The standard InChI is InChI=1S/C13H18N2O4/c1-5-13(2,3)12(16)14-10-7-6-9(15(17)18)8-11(10)19-4/h6-8H,5H2,1-4H3,(H,14,16). The van der Waals surface area contributed by atoms with Gasteiger partial charge in [-0.05, 0) is 12.5 Å². The highest BCUT2D eigenvalue weighted by atomic mass is 16.6. The van der Waals surface area contributed by atoms with Crippen LogP contribution in [0.3, 0.4) is 0 Å². The number of carbonyl (C=O) groups excluding carboxylic acids is 1. The first-order valence-corrected chi connectivity index (χ1v) is 5.95.